The standard InChI is InChI=1S/C25H31N3O4/c1-30-20-5-3-18(4-6-20)17-28-23-21(25(24(28)29)7-2-8-25)15-19(26)16-22(23)32-14-11-27-9-12-31-13-10-27/h3-6,15-16H,2,7-14,17,26H2,1H3. The lowest BCUT2D eigenvalue weighted by atomic mass is 9.65. The van der Waals surface area contributed by atoms with E-state index >= 15 is 0 Å². The topological polar surface area (TPSA) is 77.3 Å². The highest BCUT2D eigenvalue weighted by Gasteiger charge is 2.55. The number of hydrogen-bond acceptors (Lipinski definition) is 6. The zero-order chi connectivity index (χ0) is 22.1. The number of nitrogens with two attached hydrogens (primary N) is 1. The van der Waals surface area contributed by atoms with Gasteiger partial charge < -0.3 is 24.8 Å². The van der Waals surface area contributed by atoms with Crippen LogP contribution in [0.15, 0.2) is 36.4 Å². The van der Waals surface area contributed by atoms with E-state index in [2.05, 4.69) is 4.90 Å². The largest absolute Gasteiger partial charge is 0.497 e. The highest BCUT2D eigenvalue weighted by Crippen LogP contribution is 2.57. The number of carbonyl (C=O) groups excluding carboxylic acids is 1. The monoisotopic (exact) mass is 437 g/mol. The summed E-state index contributed by atoms with van der Waals surface area (Å²) < 4.78 is 17.0. The first-order valence-electron chi connectivity index (χ1n) is 11.4. The van der Waals surface area contributed by atoms with Gasteiger partial charge in [-0.25, -0.2) is 0 Å². The third kappa shape index (κ3) is 3.69. The summed E-state index contributed by atoms with van der Waals surface area (Å²) in [6.45, 7) is 5.24. The fraction of sp³-hybridized carbons (Fsp3) is 0.480. The van der Waals surface area contributed by atoms with Crippen LogP contribution in [0.4, 0.5) is 11.4 Å². The molecule has 2 fully saturated rings. The van der Waals surface area contributed by atoms with E-state index in [1.807, 2.05) is 41.3 Å². The van der Waals surface area contributed by atoms with E-state index < -0.39 is 5.41 Å². The van der Waals surface area contributed by atoms with Crippen molar-refractivity contribution in [1.82, 2.24) is 4.90 Å². The van der Waals surface area contributed by atoms with Crippen LogP contribution in [0.2, 0.25) is 0 Å². The van der Waals surface area contributed by atoms with Gasteiger partial charge >= 0.3 is 0 Å². The molecular formula is C25H31N3O4. The van der Waals surface area contributed by atoms with Crippen molar-refractivity contribution in [3.8, 4) is 11.5 Å². The molecule has 2 aromatic rings. The van der Waals surface area contributed by atoms with Crippen molar-refractivity contribution >= 4 is 17.3 Å². The molecule has 2 aliphatic heterocycles. The summed E-state index contributed by atoms with van der Waals surface area (Å²) in [5.41, 5.74) is 9.45. The van der Waals surface area contributed by atoms with Gasteiger partial charge in [-0.2, -0.15) is 0 Å². The van der Waals surface area contributed by atoms with E-state index in [4.69, 9.17) is 19.9 Å². The highest BCUT2D eigenvalue weighted by molar-refractivity contribution is 6.10. The van der Waals surface area contributed by atoms with Crippen LogP contribution >= 0.6 is 0 Å². The Morgan fingerprint density at radius 2 is 1.88 bits per heavy atom. The van der Waals surface area contributed by atoms with E-state index in [1.165, 1.54) is 0 Å². The number of benzene rings is 2. The maximum absolute atomic E-state index is 13.7. The lowest BCUT2D eigenvalue weighted by molar-refractivity contribution is -0.126. The summed E-state index contributed by atoms with van der Waals surface area (Å²) >= 11 is 0. The van der Waals surface area contributed by atoms with Crippen LogP contribution in [-0.2, 0) is 21.5 Å². The van der Waals surface area contributed by atoms with Crippen molar-refractivity contribution in [2.24, 2.45) is 0 Å². The van der Waals surface area contributed by atoms with Gasteiger partial charge in [-0.1, -0.05) is 18.6 Å². The molecule has 7 nitrogen and oxygen atoms in total. The fourth-order valence-corrected chi connectivity index (χ4v) is 5.04. The fourth-order valence-electron chi connectivity index (χ4n) is 5.04. The first-order valence-corrected chi connectivity index (χ1v) is 11.4. The molecule has 1 aliphatic carbocycles. The van der Waals surface area contributed by atoms with Gasteiger partial charge in [-0.15, -0.1) is 0 Å². The summed E-state index contributed by atoms with van der Waals surface area (Å²) in [6.07, 6.45) is 2.80. The number of carbonyl (C=O) groups is 1. The molecule has 7 heteroatoms. The van der Waals surface area contributed by atoms with Crippen molar-refractivity contribution in [2.75, 3.05) is 57.2 Å². The Labute approximate surface area is 189 Å². The molecule has 1 saturated carbocycles. The van der Waals surface area contributed by atoms with Gasteiger partial charge in [0.1, 0.15) is 18.1 Å². The third-order valence-corrected chi connectivity index (χ3v) is 7.01. The van der Waals surface area contributed by atoms with E-state index in [9.17, 15) is 4.79 Å². The number of ether oxygens (including phenoxy) is 3. The first kappa shape index (κ1) is 21.1. The van der Waals surface area contributed by atoms with Gasteiger partial charge in [-0.05, 0) is 42.2 Å². The number of amides is 1. The summed E-state index contributed by atoms with van der Waals surface area (Å²) in [4.78, 5) is 17.9. The molecule has 2 heterocycles. The van der Waals surface area contributed by atoms with Crippen LogP contribution in [0.25, 0.3) is 0 Å². The Morgan fingerprint density at radius 3 is 2.53 bits per heavy atom. The molecule has 1 saturated heterocycles. The Bertz CT molecular complexity index is 981. The smallest absolute Gasteiger partial charge is 0.238 e. The number of hydrogen-bond donors (Lipinski definition) is 1. The van der Waals surface area contributed by atoms with E-state index in [1.54, 1.807) is 7.11 Å². The second-order valence-electron chi connectivity index (χ2n) is 8.89. The minimum absolute atomic E-state index is 0.165. The lowest BCUT2D eigenvalue weighted by Crippen LogP contribution is -2.44. The first-order chi connectivity index (χ1) is 15.6. The minimum atomic E-state index is -0.445. The zero-order valence-corrected chi connectivity index (χ0v) is 18.6. The van der Waals surface area contributed by atoms with Gasteiger partial charge in [0.25, 0.3) is 0 Å². The van der Waals surface area contributed by atoms with Crippen LogP contribution in [-0.4, -0.2) is 57.4 Å². The van der Waals surface area contributed by atoms with Crippen LogP contribution in [0.3, 0.4) is 0 Å². The molecule has 0 aromatic heterocycles. The molecule has 2 aromatic carbocycles. The van der Waals surface area contributed by atoms with E-state index in [0.717, 1.165) is 74.7 Å². The maximum Gasteiger partial charge on any atom is 0.238 e. The third-order valence-electron chi connectivity index (χ3n) is 7.01. The molecule has 1 amide bonds. The van der Waals surface area contributed by atoms with Gasteiger partial charge in [0.15, 0.2) is 0 Å². The molecule has 3 aliphatic rings. The quantitative estimate of drug-likeness (QED) is 0.671. The van der Waals surface area contributed by atoms with Gasteiger partial charge in [0.2, 0.25) is 5.91 Å². The molecule has 0 bridgehead atoms. The zero-order valence-electron chi connectivity index (χ0n) is 18.6. The molecule has 170 valence electrons. The van der Waals surface area contributed by atoms with Crippen molar-refractivity contribution in [1.29, 1.82) is 0 Å². The maximum atomic E-state index is 13.7. The second kappa shape index (κ2) is 8.64. The van der Waals surface area contributed by atoms with Crippen LogP contribution in [0.1, 0.15) is 30.4 Å². The van der Waals surface area contributed by atoms with E-state index in [-0.39, 0.29) is 5.91 Å². The molecule has 0 radical (unpaired) electrons. The summed E-state index contributed by atoms with van der Waals surface area (Å²) in [7, 11) is 1.65. The normalized spacial score (nSPS) is 19.7. The van der Waals surface area contributed by atoms with Crippen molar-refractivity contribution in [3.63, 3.8) is 0 Å². The number of fused-ring (bicyclic) bond motifs is 2. The predicted molar refractivity (Wildman–Crippen MR) is 123 cm³/mol. The number of anilines is 2. The summed E-state index contributed by atoms with van der Waals surface area (Å²) in [6, 6.07) is 11.7. The van der Waals surface area contributed by atoms with Crippen LogP contribution in [0, 0.1) is 0 Å². The Morgan fingerprint density at radius 1 is 1.12 bits per heavy atom. The second-order valence-corrected chi connectivity index (χ2v) is 8.89. The number of rotatable bonds is 7. The highest BCUT2D eigenvalue weighted by atomic mass is 16.5. The Hall–Kier alpha value is -2.77. The number of nitrogens with zero attached hydrogens (tertiary/aromatic N) is 2. The average Bonchev–Trinajstić information content (AvgIpc) is 3.03. The number of morpholine rings is 1. The lowest BCUT2D eigenvalue weighted by Gasteiger charge is -2.37. The summed E-state index contributed by atoms with van der Waals surface area (Å²) in [5, 5.41) is 0. The van der Waals surface area contributed by atoms with Gasteiger partial charge in [-0.3, -0.25) is 9.69 Å². The summed E-state index contributed by atoms with van der Waals surface area (Å²) in [5.74, 6) is 1.68. The Balaban J connectivity index is 1.42. The minimum Gasteiger partial charge on any atom is -0.497 e. The van der Waals surface area contributed by atoms with Gasteiger partial charge in [0.05, 0.1) is 38.0 Å². The van der Waals surface area contributed by atoms with Gasteiger partial charge in [0, 0.05) is 31.4 Å². The molecule has 32 heavy (non-hydrogen) atoms. The van der Waals surface area contributed by atoms with Crippen molar-refractivity contribution < 1.29 is 19.0 Å². The molecule has 0 atom stereocenters. The average molecular weight is 438 g/mol. The molecular weight excluding hydrogens is 406 g/mol. The number of methoxy groups -OCH3 is 1. The SMILES string of the molecule is COc1ccc(CN2C(=O)C3(CCC3)c3cc(N)cc(OCCN4CCOCC4)c32)cc1. The molecule has 2 N–H and O–H groups in total. The van der Waals surface area contributed by atoms with E-state index in [0.29, 0.717) is 24.6 Å². The predicted octanol–water partition coefficient (Wildman–Crippen LogP) is 2.96. The Kier molecular flexibility index (Phi) is 5.69. The molecule has 0 unspecified atom stereocenters. The number of nitrogen functional groups attached to an aromatic ring is 1. The molecule has 5 rings (SSSR count). The van der Waals surface area contributed by atoms with Crippen molar-refractivity contribution in [2.45, 2.75) is 31.2 Å². The molecule has 1 spiro atoms. The van der Waals surface area contributed by atoms with Crippen LogP contribution < -0.4 is 20.1 Å². The van der Waals surface area contributed by atoms with Crippen LogP contribution in [0.5, 0.6) is 11.5 Å². The van der Waals surface area contributed by atoms with Crippen molar-refractivity contribution in [3.05, 3.63) is 47.5 Å².